The molecule has 17 nitrogen and oxygen atoms in total. The van der Waals surface area contributed by atoms with Gasteiger partial charge in [-0.1, -0.05) is 37.1 Å². The number of guanidine groups is 1. The van der Waals surface area contributed by atoms with Gasteiger partial charge in [0, 0.05) is 32.5 Å². The van der Waals surface area contributed by atoms with Gasteiger partial charge in [-0.05, 0) is 56.2 Å². The van der Waals surface area contributed by atoms with Crippen LogP contribution in [0.3, 0.4) is 0 Å². The lowest BCUT2D eigenvalue weighted by Crippen LogP contribution is -2.38. The first kappa shape index (κ1) is 45.9. The van der Waals surface area contributed by atoms with Gasteiger partial charge in [0.2, 0.25) is 0 Å². The minimum absolute atomic E-state index is 0.0573. The molecule has 9 N–H and O–H groups in total. The Morgan fingerprint density at radius 3 is 2.04 bits per heavy atom. The van der Waals surface area contributed by atoms with Crippen molar-refractivity contribution in [2.45, 2.75) is 64.7 Å². The number of hydrogen-bond acceptors (Lipinski definition) is 13. The number of ether oxygens (including phenoxy) is 5. The molecule has 0 bridgehead atoms. The average Bonchev–Trinajstić information content (AvgIpc) is 3.14. The van der Waals surface area contributed by atoms with E-state index < -0.39 is 5.91 Å². The van der Waals surface area contributed by atoms with E-state index in [-0.39, 0.29) is 34.5 Å². The fraction of sp³-hybridized carbons (Fsp3) is 0.611. The highest BCUT2D eigenvalue weighted by Crippen LogP contribution is 2.17. The zero-order chi connectivity index (χ0) is 39.2. The van der Waals surface area contributed by atoms with Gasteiger partial charge in [0.25, 0.3) is 5.91 Å². The number of carbonyl (C=O) groups is 3. The molecule has 0 spiro atoms. The summed E-state index contributed by atoms with van der Waals surface area (Å²) >= 11 is 5.81. The number of rotatable bonds is 30. The van der Waals surface area contributed by atoms with E-state index in [0.29, 0.717) is 97.7 Å². The number of halogens is 1. The van der Waals surface area contributed by atoms with Crippen LogP contribution < -0.4 is 37.9 Å². The number of aryl methyl sites for hydroxylation is 1. The topological polar surface area (TPSA) is 250 Å². The molecular formula is C36H58ClN9O8. The smallest absolute Gasteiger partial charge is 0.314 e. The molecule has 18 heteroatoms. The zero-order valence-electron chi connectivity index (χ0n) is 31.4. The van der Waals surface area contributed by atoms with Gasteiger partial charge in [-0.15, -0.1) is 0 Å². The van der Waals surface area contributed by atoms with Crippen LogP contribution in [-0.4, -0.2) is 113 Å². The number of urea groups is 1. The summed E-state index contributed by atoms with van der Waals surface area (Å²) in [5.41, 5.74) is 18.0. The molecule has 0 aliphatic heterocycles. The maximum absolute atomic E-state index is 12.3. The normalized spacial score (nSPS) is 11.3. The number of amides is 3. The Morgan fingerprint density at radius 1 is 0.741 bits per heavy atom. The fourth-order valence-corrected chi connectivity index (χ4v) is 4.85. The summed E-state index contributed by atoms with van der Waals surface area (Å²) in [6.45, 7) is 7.39. The van der Waals surface area contributed by atoms with Gasteiger partial charge >= 0.3 is 6.03 Å². The van der Waals surface area contributed by atoms with Crippen LogP contribution in [0.25, 0.3) is 0 Å². The molecule has 2 aromatic rings. The van der Waals surface area contributed by atoms with E-state index >= 15 is 0 Å². The first-order valence-corrected chi connectivity index (χ1v) is 18.8. The minimum Gasteiger partial charge on any atom is -0.491 e. The highest BCUT2D eigenvalue weighted by Gasteiger charge is 2.16. The number of nitrogens with zero attached hydrogens (tertiary/aromatic N) is 3. The number of nitrogen functional groups attached to an aromatic ring is 2. The number of ketones is 1. The monoisotopic (exact) mass is 779 g/mol. The quantitative estimate of drug-likeness (QED) is 0.0380. The number of Topliss-reactive ketones (excluding diaryl/α,β-unsaturated/α-hetero) is 1. The number of aliphatic imine (C=N–C) groups is 1. The summed E-state index contributed by atoms with van der Waals surface area (Å²) in [4.78, 5) is 47.3. The van der Waals surface area contributed by atoms with Gasteiger partial charge < -0.3 is 51.5 Å². The van der Waals surface area contributed by atoms with Crippen LogP contribution in [0.15, 0.2) is 29.3 Å². The number of aromatic nitrogens is 2. The van der Waals surface area contributed by atoms with E-state index in [1.807, 2.05) is 31.2 Å². The van der Waals surface area contributed by atoms with Crippen LogP contribution in [0.1, 0.15) is 74.3 Å². The molecular weight excluding hydrogens is 722 g/mol. The average molecular weight is 780 g/mol. The predicted octanol–water partition coefficient (Wildman–Crippen LogP) is 3.04. The van der Waals surface area contributed by atoms with Crippen molar-refractivity contribution in [2.24, 2.45) is 10.7 Å². The third-order valence-corrected chi connectivity index (χ3v) is 7.81. The van der Waals surface area contributed by atoms with Gasteiger partial charge in [-0.2, -0.15) is 0 Å². The summed E-state index contributed by atoms with van der Waals surface area (Å²) in [5.74, 6) is 0.122. The predicted molar refractivity (Wildman–Crippen MR) is 208 cm³/mol. The standard InChI is InChI=1S/C36H58ClN9O8/c1-2-8-28(47)10-4-3-6-16-42-36(49)43-17-18-50-19-20-51-21-22-52-23-24-53-25-26-54-29-13-11-27(12-14-29)9-5-7-15-41-35(40)46-34(48)30-32(38)45-33(39)31(37)44-30/h11-14H,2-10,15-26H2,1H3,(H4,38,39,45)(H2,42,43,49)(H3,40,41,46,48). The molecule has 0 radical (unpaired) electrons. The third-order valence-electron chi connectivity index (χ3n) is 7.53. The number of hydrogen-bond donors (Lipinski definition) is 6. The lowest BCUT2D eigenvalue weighted by Gasteiger charge is -2.09. The minimum atomic E-state index is -0.675. The van der Waals surface area contributed by atoms with E-state index in [4.69, 9.17) is 52.5 Å². The molecule has 0 aliphatic rings. The maximum Gasteiger partial charge on any atom is 0.314 e. The van der Waals surface area contributed by atoms with E-state index in [1.165, 1.54) is 0 Å². The van der Waals surface area contributed by atoms with Gasteiger partial charge in [-0.3, -0.25) is 19.9 Å². The highest BCUT2D eigenvalue weighted by molar-refractivity contribution is 6.31. The van der Waals surface area contributed by atoms with Crippen molar-refractivity contribution in [1.82, 2.24) is 25.9 Å². The number of anilines is 2. The summed E-state index contributed by atoms with van der Waals surface area (Å²) < 4.78 is 27.8. The van der Waals surface area contributed by atoms with E-state index in [2.05, 4.69) is 30.9 Å². The molecule has 3 amide bonds. The third kappa shape index (κ3) is 22.0. The second kappa shape index (κ2) is 29.1. The number of benzene rings is 1. The van der Waals surface area contributed by atoms with Crippen molar-refractivity contribution in [1.29, 1.82) is 0 Å². The van der Waals surface area contributed by atoms with E-state index in [0.717, 1.165) is 56.3 Å². The van der Waals surface area contributed by atoms with Crippen molar-refractivity contribution < 1.29 is 38.1 Å². The Labute approximate surface area is 322 Å². The lowest BCUT2D eigenvalue weighted by atomic mass is 10.1. The number of unbranched alkanes of at least 4 members (excludes halogenated alkanes) is 3. The molecule has 54 heavy (non-hydrogen) atoms. The number of nitrogens with one attached hydrogen (secondary N) is 3. The van der Waals surface area contributed by atoms with Crippen molar-refractivity contribution >= 4 is 46.9 Å². The van der Waals surface area contributed by atoms with Crippen molar-refractivity contribution in [2.75, 3.05) is 90.6 Å². The number of nitrogens with two attached hydrogens (primary N) is 3. The summed E-state index contributed by atoms with van der Waals surface area (Å²) in [6.07, 6.45) is 7.35. The largest absolute Gasteiger partial charge is 0.491 e. The molecule has 0 saturated heterocycles. The SMILES string of the molecule is CCCC(=O)CCCCCNC(=O)NCCOCCOCCOCCOCCOc1ccc(CCCCN=C(N)NC(=O)c2nc(Cl)c(N)nc2N)cc1. The molecule has 1 heterocycles. The molecule has 2 rings (SSSR count). The van der Waals surface area contributed by atoms with Crippen molar-refractivity contribution in [3.8, 4) is 5.75 Å². The Kier molecular flexibility index (Phi) is 24.7. The van der Waals surface area contributed by atoms with Crippen LogP contribution in [-0.2, 0) is 30.2 Å². The Bertz CT molecular complexity index is 1400. The first-order chi connectivity index (χ1) is 26.2. The van der Waals surface area contributed by atoms with Gasteiger partial charge in [-0.25, -0.2) is 14.8 Å². The van der Waals surface area contributed by atoms with Crippen LogP contribution in [0.5, 0.6) is 5.75 Å². The number of carbonyl (C=O) groups excluding carboxylic acids is 3. The second-order valence-corrected chi connectivity index (χ2v) is 12.4. The maximum atomic E-state index is 12.3. The summed E-state index contributed by atoms with van der Waals surface area (Å²) in [5, 5.41) is 7.85. The molecule has 0 unspecified atom stereocenters. The lowest BCUT2D eigenvalue weighted by molar-refractivity contribution is -0.119. The Balaban J connectivity index is 1.35. The zero-order valence-corrected chi connectivity index (χ0v) is 32.1. The molecule has 302 valence electrons. The van der Waals surface area contributed by atoms with Crippen LogP contribution in [0.2, 0.25) is 5.15 Å². The van der Waals surface area contributed by atoms with Crippen molar-refractivity contribution in [3.05, 3.63) is 40.7 Å². The molecule has 1 aromatic carbocycles. The van der Waals surface area contributed by atoms with E-state index in [9.17, 15) is 14.4 Å². The molecule has 0 atom stereocenters. The Morgan fingerprint density at radius 2 is 1.37 bits per heavy atom. The summed E-state index contributed by atoms with van der Waals surface area (Å²) in [7, 11) is 0. The Hall–Kier alpha value is -4.29. The molecule has 0 saturated carbocycles. The van der Waals surface area contributed by atoms with Gasteiger partial charge in [0.15, 0.2) is 28.4 Å². The van der Waals surface area contributed by atoms with Crippen LogP contribution in [0.4, 0.5) is 16.4 Å². The summed E-state index contributed by atoms with van der Waals surface area (Å²) in [6, 6.07) is 7.67. The van der Waals surface area contributed by atoms with Crippen LogP contribution >= 0.6 is 11.6 Å². The van der Waals surface area contributed by atoms with Gasteiger partial charge in [0.05, 0.1) is 52.9 Å². The van der Waals surface area contributed by atoms with Gasteiger partial charge in [0.1, 0.15) is 18.1 Å². The highest BCUT2D eigenvalue weighted by atomic mass is 35.5. The first-order valence-electron chi connectivity index (χ1n) is 18.5. The van der Waals surface area contributed by atoms with E-state index in [1.54, 1.807) is 0 Å². The fourth-order valence-electron chi connectivity index (χ4n) is 4.73. The van der Waals surface area contributed by atoms with Crippen molar-refractivity contribution in [3.63, 3.8) is 0 Å². The van der Waals surface area contributed by atoms with Crippen LogP contribution in [0, 0.1) is 0 Å². The molecule has 1 aromatic heterocycles. The molecule has 0 aliphatic carbocycles. The molecule has 0 fully saturated rings. The second-order valence-electron chi connectivity index (χ2n) is 12.0.